The number of likely N-dealkylation sites (N-methyl/N-ethyl adjacent to an activating group) is 1. The van der Waals surface area contributed by atoms with E-state index in [-0.39, 0.29) is 24.7 Å². The SMILES string of the molecule is CCN(C)C(=O)CN1CC(C)OC(CO)C1. The summed E-state index contributed by atoms with van der Waals surface area (Å²) in [6.07, 6.45) is -0.0888. The van der Waals surface area contributed by atoms with Crippen molar-refractivity contribution in [2.45, 2.75) is 26.1 Å². The number of ether oxygens (including phenoxy) is 1. The molecule has 1 fully saturated rings. The highest BCUT2D eigenvalue weighted by atomic mass is 16.5. The molecule has 1 aliphatic rings. The minimum Gasteiger partial charge on any atom is -0.394 e. The van der Waals surface area contributed by atoms with Crippen LogP contribution in [0.3, 0.4) is 0 Å². The number of aliphatic hydroxyl groups is 1. The summed E-state index contributed by atoms with van der Waals surface area (Å²) in [5, 5.41) is 9.07. The van der Waals surface area contributed by atoms with Crippen molar-refractivity contribution in [2.24, 2.45) is 0 Å². The van der Waals surface area contributed by atoms with Crippen molar-refractivity contribution in [3.05, 3.63) is 0 Å². The first kappa shape index (κ1) is 13.4. The van der Waals surface area contributed by atoms with Gasteiger partial charge in [-0.2, -0.15) is 0 Å². The van der Waals surface area contributed by atoms with Crippen molar-refractivity contribution < 1.29 is 14.6 Å². The lowest BCUT2D eigenvalue weighted by atomic mass is 10.2. The number of carbonyl (C=O) groups excluding carboxylic acids is 1. The zero-order chi connectivity index (χ0) is 12.1. The molecule has 2 unspecified atom stereocenters. The monoisotopic (exact) mass is 230 g/mol. The van der Waals surface area contributed by atoms with E-state index in [0.29, 0.717) is 13.1 Å². The van der Waals surface area contributed by atoms with Crippen LogP contribution < -0.4 is 0 Å². The molecule has 0 radical (unpaired) electrons. The largest absolute Gasteiger partial charge is 0.394 e. The van der Waals surface area contributed by atoms with Gasteiger partial charge in [-0.05, 0) is 13.8 Å². The van der Waals surface area contributed by atoms with E-state index in [1.807, 2.05) is 18.7 Å². The van der Waals surface area contributed by atoms with Crippen molar-refractivity contribution in [1.82, 2.24) is 9.80 Å². The number of hydrogen-bond donors (Lipinski definition) is 1. The van der Waals surface area contributed by atoms with Gasteiger partial charge in [0.25, 0.3) is 0 Å². The molecule has 0 saturated carbocycles. The summed E-state index contributed by atoms with van der Waals surface area (Å²) < 4.78 is 5.52. The van der Waals surface area contributed by atoms with Crippen LogP contribution >= 0.6 is 0 Å². The normalized spacial score (nSPS) is 26.8. The molecule has 2 atom stereocenters. The molecule has 0 bridgehead atoms. The molecule has 1 N–H and O–H groups in total. The Balaban J connectivity index is 2.44. The molecule has 1 saturated heterocycles. The highest BCUT2D eigenvalue weighted by Crippen LogP contribution is 2.10. The Kier molecular flexibility index (Phi) is 5.18. The fourth-order valence-corrected chi connectivity index (χ4v) is 1.86. The first-order chi connectivity index (χ1) is 7.56. The van der Waals surface area contributed by atoms with Crippen LogP contribution in [0.4, 0.5) is 0 Å². The Bertz CT molecular complexity index is 235. The number of hydrogen-bond acceptors (Lipinski definition) is 4. The van der Waals surface area contributed by atoms with Gasteiger partial charge >= 0.3 is 0 Å². The number of amides is 1. The molecular formula is C11H22N2O3. The van der Waals surface area contributed by atoms with E-state index in [0.717, 1.165) is 13.1 Å². The van der Waals surface area contributed by atoms with Gasteiger partial charge < -0.3 is 14.7 Å². The first-order valence-corrected chi connectivity index (χ1v) is 5.79. The summed E-state index contributed by atoms with van der Waals surface area (Å²) in [5.74, 6) is 0.119. The maximum atomic E-state index is 11.7. The van der Waals surface area contributed by atoms with Crippen molar-refractivity contribution in [3.63, 3.8) is 0 Å². The lowest BCUT2D eigenvalue weighted by molar-refractivity contribution is -0.136. The van der Waals surface area contributed by atoms with Crippen LogP contribution in [-0.2, 0) is 9.53 Å². The van der Waals surface area contributed by atoms with Gasteiger partial charge in [0.2, 0.25) is 5.91 Å². The second-order valence-corrected chi connectivity index (χ2v) is 4.35. The van der Waals surface area contributed by atoms with Gasteiger partial charge in [0.05, 0.1) is 25.4 Å². The predicted octanol–water partition coefficient (Wildman–Crippen LogP) is -0.454. The van der Waals surface area contributed by atoms with E-state index < -0.39 is 0 Å². The Hall–Kier alpha value is -0.650. The number of nitrogens with zero attached hydrogens (tertiary/aromatic N) is 2. The third-order valence-electron chi connectivity index (χ3n) is 2.86. The molecule has 94 valence electrons. The number of rotatable bonds is 4. The molecule has 1 amide bonds. The molecule has 0 aromatic heterocycles. The summed E-state index contributed by atoms with van der Waals surface area (Å²) in [4.78, 5) is 15.5. The number of aliphatic hydroxyl groups excluding tert-OH is 1. The van der Waals surface area contributed by atoms with Crippen LogP contribution in [0.1, 0.15) is 13.8 Å². The topological polar surface area (TPSA) is 53.0 Å². The molecule has 1 rings (SSSR count). The van der Waals surface area contributed by atoms with Crippen LogP contribution in [0.25, 0.3) is 0 Å². The van der Waals surface area contributed by atoms with Crippen molar-refractivity contribution in [2.75, 3.05) is 39.8 Å². The minimum absolute atomic E-state index is 0.0125. The molecule has 0 aromatic carbocycles. The lowest BCUT2D eigenvalue weighted by Crippen LogP contribution is -2.51. The van der Waals surface area contributed by atoms with Gasteiger partial charge in [0.15, 0.2) is 0 Å². The zero-order valence-corrected chi connectivity index (χ0v) is 10.3. The molecule has 0 aromatic rings. The second kappa shape index (κ2) is 6.18. The lowest BCUT2D eigenvalue weighted by Gasteiger charge is -2.36. The van der Waals surface area contributed by atoms with E-state index >= 15 is 0 Å². The second-order valence-electron chi connectivity index (χ2n) is 4.35. The number of carbonyl (C=O) groups is 1. The smallest absolute Gasteiger partial charge is 0.236 e. The van der Waals surface area contributed by atoms with Crippen LogP contribution in [0.2, 0.25) is 0 Å². The van der Waals surface area contributed by atoms with Crippen molar-refractivity contribution >= 4 is 5.91 Å². The van der Waals surface area contributed by atoms with Crippen molar-refractivity contribution in [1.29, 1.82) is 0 Å². The van der Waals surface area contributed by atoms with Crippen molar-refractivity contribution in [3.8, 4) is 0 Å². The fraction of sp³-hybridized carbons (Fsp3) is 0.909. The molecule has 1 aliphatic heterocycles. The maximum Gasteiger partial charge on any atom is 0.236 e. The molecule has 5 heteroatoms. The average molecular weight is 230 g/mol. The minimum atomic E-state index is -0.163. The highest BCUT2D eigenvalue weighted by molar-refractivity contribution is 5.77. The average Bonchev–Trinajstić information content (AvgIpc) is 2.26. The van der Waals surface area contributed by atoms with Gasteiger partial charge in [0.1, 0.15) is 0 Å². The van der Waals surface area contributed by atoms with E-state index in [2.05, 4.69) is 0 Å². The quantitative estimate of drug-likeness (QED) is 0.710. The first-order valence-electron chi connectivity index (χ1n) is 5.79. The Morgan fingerprint density at radius 2 is 2.25 bits per heavy atom. The van der Waals surface area contributed by atoms with Gasteiger partial charge in [-0.3, -0.25) is 9.69 Å². The van der Waals surface area contributed by atoms with Crippen LogP contribution in [0, 0.1) is 0 Å². The van der Waals surface area contributed by atoms with Gasteiger partial charge in [-0.1, -0.05) is 0 Å². The Morgan fingerprint density at radius 3 is 2.81 bits per heavy atom. The summed E-state index contributed by atoms with van der Waals surface area (Å²) in [7, 11) is 1.80. The van der Waals surface area contributed by atoms with Crippen LogP contribution in [0.5, 0.6) is 0 Å². The van der Waals surface area contributed by atoms with Gasteiger partial charge in [0, 0.05) is 26.7 Å². The van der Waals surface area contributed by atoms with Gasteiger partial charge in [-0.15, -0.1) is 0 Å². The molecule has 5 nitrogen and oxygen atoms in total. The third-order valence-corrected chi connectivity index (χ3v) is 2.86. The fourth-order valence-electron chi connectivity index (χ4n) is 1.86. The predicted molar refractivity (Wildman–Crippen MR) is 61.2 cm³/mol. The standard InChI is InChI=1S/C11H22N2O3/c1-4-12(3)11(15)7-13-5-9(2)16-10(6-13)8-14/h9-10,14H,4-8H2,1-3H3. The summed E-state index contributed by atoms with van der Waals surface area (Å²) in [6, 6.07) is 0. The summed E-state index contributed by atoms with van der Waals surface area (Å²) in [5.41, 5.74) is 0. The maximum absolute atomic E-state index is 11.7. The molecule has 0 spiro atoms. The van der Waals surface area contributed by atoms with E-state index in [9.17, 15) is 4.79 Å². The van der Waals surface area contributed by atoms with E-state index in [4.69, 9.17) is 9.84 Å². The van der Waals surface area contributed by atoms with Gasteiger partial charge in [-0.25, -0.2) is 0 Å². The highest BCUT2D eigenvalue weighted by Gasteiger charge is 2.26. The molecule has 16 heavy (non-hydrogen) atoms. The molecule has 0 aliphatic carbocycles. The zero-order valence-electron chi connectivity index (χ0n) is 10.3. The van der Waals surface area contributed by atoms with E-state index in [1.54, 1.807) is 11.9 Å². The van der Waals surface area contributed by atoms with Crippen LogP contribution in [0.15, 0.2) is 0 Å². The summed E-state index contributed by atoms with van der Waals surface area (Å²) >= 11 is 0. The third kappa shape index (κ3) is 3.73. The molecular weight excluding hydrogens is 208 g/mol. The molecule has 1 heterocycles. The van der Waals surface area contributed by atoms with Crippen LogP contribution in [-0.4, -0.2) is 72.9 Å². The Morgan fingerprint density at radius 1 is 1.56 bits per heavy atom. The Labute approximate surface area is 97.0 Å². The van der Waals surface area contributed by atoms with E-state index in [1.165, 1.54) is 0 Å². The summed E-state index contributed by atoms with van der Waals surface area (Å²) in [6.45, 7) is 6.44. The number of morpholine rings is 1.